The Hall–Kier alpha value is -2.24. The quantitative estimate of drug-likeness (QED) is 0.496. The molecule has 1 fully saturated rings. The van der Waals surface area contributed by atoms with Gasteiger partial charge in [0.1, 0.15) is 11.9 Å². The Morgan fingerprint density at radius 1 is 1.13 bits per heavy atom. The number of hydrogen-bond donors (Lipinski definition) is 2. The second-order valence-corrected chi connectivity index (χ2v) is 9.71. The van der Waals surface area contributed by atoms with Gasteiger partial charge in [-0.05, 0) is 48.6 Å². The highest BCUT2D eigenvalue weighted by atomic mass is 16.6. The van der Waals surface area contributed by atoms with Crippen LogP contribution in [0.2, 0.25) is 0 Å². The van der Waals surface area contributed by atoms with Crippen molar-refractivity contribution in [1.29, 1.82) is 0 Å². The molecule has 1 saturated carbocycles. The molecule has 0 aliphatic heterocycles. The zero-order valence-corrected chi connectivity index (χ0v) is 18.9. The molecule has 1 aliphatic rings. The number of amides is 2. The SMILES string of the molecule is CCCCCCC(NC(=O)Oc1ccccc1)C1(C)CC(OC(N)=O)CC(C)(C)C1. The van der Waals surface area contributed by atoms with Crippen LogP contribution in [-0.4, -0.2) is 24.3 Å². The minimum absolute atomic E-state index is 0.0280. The van der Waals surface area contributed by atoms with Crippen LogP contribution in [0.15, 0.2) is 30.3 Å². The van der Waals surface area contributed by atoms with Gasteiger partial charge in [-0.25, -0.2) is 9.59 Å². The monoisotopic (exact) mass is 418 g/mol. The molecule has 2 rings (SSSR count). The van der Waals surface area contributed by atoms with Crippen LogP contribution in [0.4, 0.5) is 9.59 Å². The topological polar surface area (TPSA) is 90.7 Å². The van der Waals surface area contributed by atoms with Gasteiger partial charge in [0.2, 0.25) is 0 Å². The molecule has 30 heavy (non-hydrogen) atoms. The number of primary amides is 1. The average Bonchev–Trinajstić information content (AvgIpc) is 2.62. The van der Waals surface area contributed by atoms with Gasteiger partial charge in [0, 0.05) is 6.04 Å². The van der Waals surface area contributed by atoms with Crippen molar-refractivity contribution in [3.8, 4) is 5.75 Å². The van der Waals surface area contributed by atoms with E-state index in [-0.39, 0.29) is 23.0 Å². The maximum atomic E-state index is 12.7. The molecular formula is C24H38N2O4. The largest absolute Gasteiger partial charge is 0.446 e. The Morgan fingerprint density at radius 3 is 2.47 bits per heavy atom. The number of para-hydroxylation sites is 1. The molecule has 0 aromatic heterocycles. The second-order valence-electron chi connectivity index (χ2n) is 9.71. The minimum Gasteiger partial charge on any atom is -0.446 e. The molecule has 6 nitrogen and oxygen atoms in total. The first-order valence-electron chi connectivity index (χ1n) is 11.1. The van der Waals surface area contributed by atoms with E-state index < -0.39 is 12.2 Å². The summed E-state index contributed by atoms with van der Waals surface area (Å²) in [4.78, 5) is 24.1. The van der Waals surface area contributed by atoms with E-state index in [1.807, 2.05) is 18.2 Å². The lowest BCUT2D eigenvalue weighted by Crippen LogP contribution is -2.53. The van der Waals surface area contributed by atoms with Gasteiger partial charge in [-0.15, -0.1) is 0 Å². The summed E-state index contributed by atoms with van der Waals surface area (Å²) >= 11 is 0. The van der Waals surface area contributed by atoms with Crippen molar-refractivity contribution in [2.24, 2.45) is 16.6 Å². The van der Waals surface area contributed by atoms with Crippen LogP contribution in [0.1, 0.15) is 79.1 Å². The molecule has 0 heterocycles. The van der Waals surface area contributed by atoms with Crippen LogP contribution < -0.4 is 15.8 Å². The fourth-order valence-electron chi connectivity index (χ4n) is 5.10. The van der Waals surface area contributed by atoms with E-state index in [1.165, 1.54) is 6.42 Å². The van der Waals surface area contributed by atoms with E-state index >= 15 is 0 Å². The Balaban J connectivity index is 2.15. The van der Waals surface area contributed by atoms with E-state index in [1.54, 1.807) is 12.1 Å². The fraction of sp³-hybridized carbons (Fsp3) is 0.667. The van der Waals surface area contributed by atoms with Crippen LogP contribution in [0.5, 0.6) is 5.75 Å². The van der Waals surface area contributed by atoms with Gasteiger partial charge in [-0.3, -0.25) is 0 Å². The molecule has 0 saturated heterocycles. The van der Waals surface area contributed by atoms with E-state index in [9.17, 15) is 9.59 Å². The lowest BCUT2D eigenvalue weighted by atomic mass is 9.60. The Bertz CT molecular complexity index is 692. The van der Waals surface area contributed by atoms with Gasteiger partial charge in [-0.1, -0.05) is 71.6 Å². The molecule has 3 atom stereocenters. The summed E-state index contributed by atoms with van der Waals surface area (Å²) in [6.07, 6.45) is 6.28. The minimum atomic E-state index is -0.740. The van der Waals surface area contributed by atoms with E-state index in [2.05, 4.69) is 33.0 Å². The van der Waals surface area contributed by atoms with Gasteiger partial charge in [0.15, 0.2) is 0 Å². The molecule has 168 valence electrons. The predicted octanol–water partition coefficient (Wildman–Crippen LogP) is 5.79. The number of carbonyl (C=O) groups excluding carboxylic acids is 2. The van der Waals surface area contributed by atoms with Crippen molar-refractivity contribution in [1.82, 2.24) is 5.32 Å². The first-order chi connectivity index (χ1) is 14.1. The van der Waals surface area contributed by atoms with Gasteiger partial charge < -0.3 is 20.5 Å². The van der Waals surface area contributed by atoms with Gasteiger partial charge in [-0.2, -0.15) is 0 Å². The number of unbranched alkanes of at least 4 members (excludes halogenated alkanes) is 3. The van der Waals surface area contributed by atoms with Crippen molar-refractivity contribution in [2.45, 2.75) is 91.2 Å². The van der Waals surface area contributed by atoms with Gasteiger partial charge >= 0.3 is 12.2 Å². The molecular weight excluding hydrogens is 380 g/mol. The number of hydrogen-bond acceptors (Lipinski definition) is 4. The van der Waals surface area contributed by atoms with Gasteiger partial charge in [0.05, 0.1) is 0 Å². The molecule has 0 radical (unpaired) electrons. The van der Waals surface area contributed by atoms with Crippen molar-refractivity contribution < 1.29 is 19.1 Å². The molecule has 1 aromatic rings. The number of rotatable bonds is 9. The lowest BCUT2D eigenvalue weighted by Gasteiger charge is -2.49. The first-order valence-corrected chi connectivity index (χ1v) is 11.1. The summed E-state index contributed by atoms with van der Waals surface area (Å²) in [5.41, 5.74) is 5.05. The zero-order chi connectivity index (χ0) is 22.2. The number of nitrogens with two attached hydrogens (primary N) is 1. The first kappa shape index (κ1) is 24.0. The van der Waals surface area contributed by atoms with Crippen LogP contribution >= 0.6 is 0 Å². The molecule has 2 amide bonds. The maximum Gasteiger partial charge on any atom is 0.412 e. The van der Waals surface area contributed by atoms with Crippen molar-refractivity contribution in [3.63, 3.8) is 0 Å². The van der Waals surface area contributed by atoms with Crippen molar-refractivity contribution in [2.75, 3.05) is 0 Å². The second kappa shape index (κ2) is 10.7. The summed E-state index contributed by atoms with van der Waals surface area (Å²) in [5, 5.41) is 3.13. The number of ether oxygens (including phenoxy) is 2. The van der Waals surface area contributed by atoms with Crippen molar-refractivity contribution in [3.05, 3.63) is 30.3 Å². The Kier molecular flexibility index (Phi) is 8.56. The summed E-state index contributed by atoms with van der Waals surface area (Å²) in [7, 11) is 0. The summed E-state index contributed by atoms with van der Waals surface area (Å²) in [5.74, 6) is 0.517. The number of nitrogens with one attached hydrogen (secondary N) is 1. The number of benzene rings is 1. The van der Waals surface area contributed by atoms with Gasteiger partial charge in [0.25, 0.3) is 0 Å². The lowest BCUT2D eigenvalue weighted by molar-refractivity contribution is -0.0339. The highest BCUT2D eigenvalue weighted by Crippen LogP contribution is 2.49. The molecule has 1 aromatic carbocycles. The molecule has 3 unspecified atom stereocenters. The standard InChI is InChI=1S/C24H38N2O4/c1-5-6-7-11-14-20(26-22(28)30-18-12-9-8-10-13-18)24(4)16-19(29-21(25)27)15-23(2,3)17-24/h8-10,12-13,19-20H,5-7,11,14-17H2,1-4H3,(H2,25,27)(H,26,28). The van der Waals surface area contributed by atoms with E-state index in [0.29, 0.717) is 12.2 Å². The summed E-state index contributed by atoms with van der Waals surface area (Å²) in [6.45, 7) is 8.72. The third-order valence-corrected chi connectivity index (χ3v) is 6.07. The average molecular weight is 419 g/mol. The normalized spacial score (nSPS) is 23.9. The number of carbonyl (C=O) groups is 2. The van der Waals surface area contributed by atoms with E-state index in [0.717, 1.165) is 38.5 Å². The molecule has 0 bridgehead atoms. The molecule has 0 spiro atoms. The van der Waals surface area contributed by atoms with Crippen LogP contribution in [0.3, 0.4) is 0 Å². The Morgan fingerprint density at radius 2 is 1.83 bits per heavy atom. The molecule has 6 heteroatoms. The van der Waals surface area contributed by atoms with E-state index in [4.69, 9.17) is 15.2 Å². The third kappa shape index (κ3) is 7.54. The summed E-state index contributed by atoms with van der Waals surface area (Å²) in [6, 6.07) is 8.99. The predicted molar refractivity (Wildman–Crippen MR) is 118 cm³/mol. The fourth-order valence-corrected chi connectivity index (χ4v) is 5.10. The molecule has 3 N–H and O–H groups in total. The van der Waals surface area contributed by atoms with Crippen molar-refractivity contribution >= 4 is 12.2 Å². The molecule has 1 aliphatic carbocycles. The highest BCUT2D eigenvalue weighted by Gasteiger charge is 2.47. The maximum absolute atomic E-state index is 12.7. The summed E-state index contributed by atoms with van der Waals surface area (Å²) < 4.78 is 10.9. The van der Waals surface area contributed by atoms with Crippen LogP contribution in [-0.2, 0) is 4.74 Å². The third-order valence-electron chi connectivity index (χ3n) is 6.07. The van der Waals surface area contributed by atoms with Crippen LogP contribution in [0, 0.1) is 10.8 Å². The highest BCUT2D eigenvalue weighted by molar-refractivity contribution is 5.70. The smallest absolute Gasteiger partial charge is 0.412 e. The zero-order valence-electron chi connectivity index (χ0n) is 18.9. The van der Waals surface area contributed by atoms with Crippen LogP contribution in [0.25, 0.3) is 0 Å². The Labute approximate surface area is 180 Å².